The average Bonchev–Trinajstić information content (AvgIpc) is 3.37. The van der Waals surface area contributed by atoms with E-state index in [1.807, 2.05) is 21.4 Å². The van der Waals surface area contributed by atoms with Gasteiger partial charge < -0.3 is 0 Å². The summed E-state index contributed by atoms with van der Waals surface area (Å²) in [6.45, 7) is 0.560. The third-order valence-corrected chi connectivity index (χ3v) is 6.25. The lowest BCUT2D eigenvalue weighted by Crippen LogP contribution is -2.26. The molecule has 5 rings (SSSR count). The zero-order valence-electron chi connectivity index (χ0n) is 17.1. The SMILES string of the molecule is CN(Cn1nc(-c2ccncc2)n(-c2ccc(F)cc2)c1=S)C1CCc2ccccc21. The summed E-state index contributed by atoms with van der Waals surface area (Å²) >= 11 is 5.83. The number of rotatable bonds is 5. The van der Waals surface area contributed by atoms with E-state index >= 15 is 0 Å². The summed E-state index contributed by atoms with van der Waals surface area (Å²) < 4.78 is 17.8. The summed E-state index contributed by atoms with van der Waals surface area (Å²) in [6, 6.07) is 19.1. The normalized spacial score (nSPS) is 15.4. The van der Waals surface area contributed by atoms with E-state index in [0.717, 1.165) is 24.1 Å². The molecule has 0 aliphatic heterocycles. The minimum atomic E-state index is -0.284. The van der Waals surface area contributed by atoms with Gasteiger partial charge in [-0.2, -0.15) is 0 Å². The van der Waals surface area contributed by atoms with Gasteiger partial charge in [0.05, 0.1) is 12.4 Å². The minimum absolute atomic E-state index is 0.284. The number of hydrogen-bond donors (Lipinski definition) is 0. The highest BCUT2D eigenvalue weighted by Crippen LogP contribution is 2.35. The first-order valence-corrected chi connectivity index (χ1v) is 10.7. The molecule has 1 unspecified atom stereocenters. The van der Waals surface area contributed by atoms with Gasteiger partial charge in [-0.1, -0.05) is 24.3 Å². The van der Waals surface area contributed by atoms with Crippen molar-refractivity contribution in [2.75, 3.05) is 7.05 Å². The molecule has 0 N–H and O–H groups in total. The van der Waals surface area contributed by atoms with Crippen molar-refractivity contribution in [3.63, 3.8) is 0 Å². The number of nitrogens with zero attached hydrogens (tertiary/aromatic N) is 5. The zero-order chi connectivity index (χ0) is 21.4. The first-order chi connectivity index (χ1) is 15.1. The van der Waals surface area contributed by atoms with Gasteiger partial charge >= 0.3 is 0 Å². The van der Waals surface area contributed by atoms with Crippen LogP contribution in [-0.2, 0) is 13.1 Å². The lowest BCUT2D eigenvalue weighted by atomic mass is 10.1. The zero-order valence-corrected chi connectivity index (χ0v) is 18.0. The monoisotopic (exact) mass is 431 g/mol. The van der Waals surface area contributed by atoms with Crippen molar-refractivity contribution in [1.29, 1.82) is 0 Å². The molecule has 156 valence electrons. The van der Waals surface area contributed by atoms with Crippen molar-refractivity contribution < 1.29 is 4.39 Å². The van der Waals surface area contributed by atoms with E-state index in [-0.39, 0.29) is 5.82 Å². The van der Waals surface area contributed by atoms with E-state index in [1.165, 1.54) is 23.3 Å². The Morgan fingerprint density at radius 3 is 2.58 bits per heavy atom. The smallest absolute Gasteiger partial charge is 0.204 e. The molecular formula is C24H22FN5S. The molecule has 7 heteroatoms. The fraction of sp³-hybridized carbons (Fsp3) is 0.208. The maximum Gasteiger partial charge on any atom is 0.204 e. The average molecular weight is 432 g/mol. The Kier molecular flexibility index (Phi) is 5.21. The van der Waals surface area contributed by atoms with Crippen LogP contribution in [0.5, 0.6) is 0 Å². The van der Waals surface area contributed by atoms with Crippen LogP contribution in [0, 0.1) is 10.6 Å². The second kappa shape index (κ2) is 8.17. The Morgan fingerprint density at radius 1 is 1.06 bits per heavy atom. The molecular weight excluding hydrogens is 409 g/mol. The molecule has 2 aromatic heterocycles. The number of aryl methyl sites for hydroxylation is 1. The van der Waals surface area contributed by atoms with Crippen molar-refractivity contribution >= 4 is 12.2 Å². The maximum atomic E-state index is 13.5. The molecule has 0 bridgehead atoms. The lowest BCUT2D eigenvalue weighted by Gasteiger charge is -2.24. The van der Waals surface area contributed by atoms with E-state index in [0.29, 0.717) is 23.3 Å². The van der Waals surface area contributed by atoms with Gasteiger partial charge in [0.1, 0.15) is 5.82 Å². The van der Waals surface area contributed by atoms with E-state index < -0.39 is 0 Å². The van der Waals surface area contributed by atoms with Crippen LogP contribution in [-0.4, -0.2) is 31.3 Å². The summed E-state index contributed by atoms with van der Waals surface area (Å²) in [5.74, 6) is 0.423. The van der Waals surface area contributed by atoms with Crippen LogP contribution in [0.4, 0.5) is 4.39 Å². The Hall–Kier alpha value is -3.16. The fourth-order valence-electron chi connectivity index (χ4n) is 4.31. The standard InChI is InChI=1S/C24H22FN5S/c1-28(22-11-6-17-4-2-3-5-21(17)22)16-29-24(31)30(20-9-7-19(25)8-10-20)23(27-29)18-12-14-26-15-13-18/h2-5,7-10,12-15,22H,6,11,16H2,1H3. The number of fused-ring (bicyclic) bond motifs is 1. The van der Waals surface area contributed by atoms with E-state index in [2.05, 4.69) is 41.2 Å². The van der Waals surface area contributed by atoms with E-state index in [4.69, 9.17) is 17.3 Å². The first-order valence-electron chi connectivity index (χ1n) is 10.3. The molecule has 0 radical (unpaired) electrons. The Morgan fingerprint density at radius 2 is 1.81 bits per heavy atom. The highest BCUT2D eigenvalue weighted by atomic mass is 32.1. The van der Waals surface area contributed by atoms with Gasteiger partial charge in [-0.25, -0.2) is 9.07 Å². The number of aromatic nitrogens is 4. The molecule has 1 aliphatic carbocycles. The molecule has 5 nitrogen and oxygen atoms in total. The summed E-state index contributed by atoms with van der Waals surface area (Å²) in [5.41, 5.74) is 4.47. The van der Waals surface area contributed by atoms with Crippen molar-refractivity contribution in [2.45, 2.75) is 25.6 Å². The van der Waals surface area contributed by atoms with Gasteiger partial charge in [0.15, 0.2) is 5.82 Å². The summed E-state index contributed by atoms with van der Waals surface area (Å²) in [6.07, 6.45) is 5.63. The molecule has 2 heterocycles. The van der Waals surface area contributed by atoms with Crippen LogP contribution in [0.15, 0.2) is 73.1 Å². The van der Waals surface area contributed by atoms with Crippen LogP contribution in [0.2, 0.25) is 0 Å². The number of hydrogen-bond acceptors (Lipinski definition) is 4. The fourth-order valence-corrected chi connectivity index (χ4v) is 4.60. The van der Waals surface area contributed by atoms with Crippen LogP contribution >= 0.6 is 12.2 Å². The Balaban J connectivity index is 1.54. The molecule has 4 aromatic rings. The molecule has 31 heavy (non-hydrogen) atoms. The predicted octanol–water partition coefficient (Wildman–Crippen LogP) is 5.18. The molecule has 2 aromatic carbocycles. The Bertz CT molecular complexity index is 1260. The van der Waals surface area contributed by atoms with E-state index in [1.54, 1.807) is 24.5 Å². The summed E-state index contributed by atoms with van der Waals surface area (Å²) in [5, 5.41) is 4.86. The lowest BCUT2D eigenvalue weighted by molar-refractivity contribution is 0.182. The van der Waals surface area contributed by atoms with E-state index in [9.17, 15) is 4.39 Å². The maximum absolute atomic E-state index is 13.5. The predicted molar refractivity (Wildman–Crippen MR) is 121 cm³/mol. The highest BCUT2D eigenvalue weighted by Gasteiger charge is 2.26. The second-order valence-electron chi connectivity index (χ2n) is 7.81. The molecule has 1 atom stereocenters. The summed E-state index contributed by atoms with van der Waals surface area (Å²) in [4.78, 5) is 6.40. The van der Waals surface area contributed by atoms with Crippen molar-refractivity contribution in [3.8, 4) is 17.1 Å². The van der Waals surface area contributed by atoms with Gasteiger partial charge in [-0.3, -0.25) is 14.5 Å². The number of pyridine rings is 1. The number of halogens is 1. The third kappa shape index (κ3) is 3.71. The topological polar surface area (TPSA) is 38.9 Å². The van der Waals surface area contributed by atoms with Gasteiger partial charge in [-0.15, -0.1) is 5.10 Å². The first kappa shape index (κ1) is 19.8. The number of benzene rings is 2. The second-order valence-corrected chi connectivity index (χ2v) is 8.17. The van der Waals surface area contributed by atoms with Gasteiger partial charge in [-0.05, 0) is 79.6 Å². The van der Waals surface area contributed by atoms with Crippen molar-refractivity contribution in [2.24, 2.45) is 0 Å². The molecule has 0 amide bonds. The van der Waals surface area contributed by atoms with Crippen molar-refractivity contribution in [3.05, 3.63) is 94.8 Å². The van der Waals surface area contributed by atoms with Gasteiger partial charge in [0, 0.05) is 24.0 Å². The van der Waals surface area contributed by atoms with Crippen molar-refractivity contribution in [1.82, 2.24) is 24.2 Å². The van der Waals surface area contributed by atoms with Crippen LogP contribution in [0.1, 0.15) is 23.6 Å². The van der Waals surface area contributed by atoms with Crippen LogP contribution in [0.25, 0.3) is 17.1 Å². The molecule has 0 fully saturated rings. The quantitative estimate of drug-likeness (QED) is 0.408. The largest absolute Gasteiger partial charge is 0.280 e. The van der Waals surface area contributed by atoms with Gasteiger partial charge in [0.2, 0.25) is 4.77 Å². The third-order valence-electron chi connectivity index (χ3n) is 5.85. The van der Waals surface area contributed by atoms with Crippen LogP contribution < -0.4 is 0 Å². The molecule has 1 aliphatic rings. The molecule has 0 saturated heterocycles. The molecule has 0 saturated carbocycles. The summed E-state index contributed by atoms with van der Waals surface area (Å²) in [7, 11) is 2.11. The van der Waals surface area contributed by atoms with Gasteiger partial charge in [0.25, 0.3) is 0 Å². The Labute approximate surface area is 185 Å². The molecule has 0 spiro atoms. The van der Waals surface area contributed by atoms with Crippen LogP contribution in [0.3, 0.4) is 0 Å². The minimum Gasteiger partial charge on any atom is -0.280 e. The highest BCUT2D eigenvalue weighted by molar-refractivity contribution is 7.71.